The molecule has 1 aromatic rings. The van der Waals surface area contributed by atoms with Crippen LogP contribution in [-0.2, 0) is 9.59 Å². The van der Waals surface area contributed by atoms with Gasteiger partial charge in [0, 0.05) is 25.1 Å². The summed E-state index contributed by atoms with van der Waals surface area (Å²) in [7, 11) is 0. The lowest BCUT2D eigenvalue weighted by Crippen LogP contribution is -2.25. The first-order valence-electron chi connectivity index (χ1n) is 5.85. The molecule has 0 spiro atoms. The van der Waals surface area contributed by atoms with E-state index in [9.17, 15) is 14.7 Å². The zero-order chi connectivity index (χ0) is 14.2. The molecule has 1 aromatic carbocycles. The Balaban J connectivity index is 2.26. The molecule has 19 heavy (non-hydrogen) atoms. The van der Waals surface area contributed by atoms with Crippen LogP contribution in [0.25, 0.3) is 0 Å². The summed E-state index contributed by atoms with van der Waals surface area (Å²) in [5.74, 6) is -0.0847. The number of nitrogens with zero attached hydrogens (tertiary/aromatic N) is 1. The molecule has 0 aromatic heterocycles. The fraction of sp³-hybridized carbons (Fsp3) is 0.385. The molecule has 6 heteroatoms. The average Bonchev–Trinajstić information content (AvgIpc) is 2.66. The van der Waals surface area contributed by atoms with Crippen LogP contribution >= 0.6 is 23.4 Å². The van der Waals surface area contributed by atoms with Crippen molar-refractivity contribution in [1.82, 2.24) is 0 Å². The van der Waals surface area contributed by atoms with E-state index in [0.29, 0.717) is 24.2 Å². The molecule has 1 aliphatic heterocycles. The molecular formula is C13H14ClNO3S. The van der Waals surface area contributed by atoms with Gasteiger partial charge in [0.1, 0.15) is 10.8 Å². The lowest BCUT2D eigenvalue weighted by atomic mass is 10.2. The van der Waals surface area contributed by atoms with E-state index in [-0.39, 0.29) is 27.0 Å². The van der Waals surface area contributed by atoms with Crippen LogP contribution in [0.3, 0.4) is 0 Å². The summed E-state index contributed by atoms with van der Waals surface area (Å²) in [4.78, 5) is 24.6. The number of thioether (sulfide) groups is 1. The van der Waals surface area contributed by atoms with Gasteiger partial charge in [-0.2, -0.15) is 0 Å². The summed E-state index contributed by atoms with van der Waals surface area (Å²) in [6.45, 7) is 3.67. The third kappa shape index (κ3) is 2.87. The van der Waals surface area contributed by atoms with Gasteiger partial charge < -0.3 is 10.0 Å². The molecule has 1 unspecified atom stereocenters. The van der Waals surface area contributed by atoms with E-state index in [1.165, 1.54) is 23.6 Å². The number of phenols is 1. The standard InChI is InChI=1S/C13H14ClNO3S/c1-7-3-4-10(12(14)13(7)18)15-6-9(5-11(15)17)19-8(2)16/h3-4,9,18H,5-6H2,1-2H3. The first kappa shape index (κ1) is 14.2. The summed E-state index contributed by atoms with van der Waals surface area (Å²) in [6.07, 6.45) is 0.315. The van der Waals surface area contributed by atoms with Gasteiger partial charge in [-0.1, -0.05) is 29.4 Å². The van der Waals surface area contributed by atoms with Crippen LogP contribution in [0.4, 0.5) is 5.69 Å². The number of benzene rings is 1. The second-order valence-corrected chi connectivity index (χ2v) is 6.36. The van der Waals surface area contributed by atoms with Gasteiger partial charge >= 0.3 is 0 Å². The summed E-state index contributed by atoms with van der Waals surface area (Å²) in [5, 5.41) is 9.94. The van der Waals surface area contributed by atoms with E-state index >= 15 is 0 Å². The van der Waals surface area contributed by atoms with E-state index in [2.05, 4.69) is 0 Å². The molecule has 0 bridgehead atoms. The van der Waals surface area contributed by atoms with Crippen LogP contribution in [0.2, 0.25) is 5.02 Å². The number of carbonyl (C=O) groups is 2. The predicted molar refractivity (Wildman–Crippen MR) is 76.9 cm³/mol. The van der Waals surface area contributed by atoms with Crippen molar-refractivity contribution >= 4 is 40.1 Å². The Labute approximate surface area is 120 Å². The molecule has 102 valence electrons. The second-order valence-electron chi connectivity index (χ2n) is 4.50. The first-order valence-corrected chi connectivity index (χ1v) is 7.11. The largest absolute Gasteiger partial charge is 0.506 e. The van der Waals surface area contributed by atoms with Gasteiger partial charge in [-0.25, -0.2) is 0 Å². The Kier molecular flexibility index (Phi) is 4.06. The number of amides is 1. The number of anilines is 1. The number of aromatic hydroxyl groups is 1. The number of carbonyl (C=O) groups excluding carboxylic acids is 2. The van der Waals surface area contributed by atoms with Gasteiger partial charge in [0.2, 0.25) is 5.91 Å². The number of rotatable bonds is 2. The van der Waals surface area contributed by atoms with Crippen LogP contribution in [0.15, 0.2) is 12.1 Å². The molecule has 1 atom stereocenters. The second kappa shape index (κ2) is 5.43. The van der Waals surface area contributed by atoms with Gasteiger partial charge in [-0.05, 0) is 18.6 Å². The van der Waals surface area contributed by atoms with Crippen molar-refractivity contribution in [2.45, 2.75) is 25.5 Å². The molecule has 1 saturated heterocycles. The van der Waals surface area contributed by atoms with Crippen molar-refractivity contribution in [3.8, 4) is 5.75 Å². The number of hydrogen-bond acceptors (Lipinski definition) is 4. The van der Waals surface area contributed by atoms with Gasteiger partial charge in [-0.15, -0.1) is 0 Å². The molecule has 1 fully saturated rings. The lowest BCUT2D eigenvalue weighted by molar-refractivity contribution is -0.117. The smallest absolute Gasteiger partial charge is 0.228 e. The maximum absolute atomic E-state index is 12.0. The SMILES string of the molecule is CC(=O)SC1CC(=O)N(c2ccc(C)c(O)c2Cl)C1. The zero-order valence-corrected chi connectivity index (χ0v) is 12.2. The van der Waals surface area contributed by atoms with Gasteiger partial charge in [0.05, 0.1) is 5.69 Å². The summed E-state index contributed by atoms with van der Waals surface area (Å²) in [6, 6.07) is 3.44. The molecule has 1 heterocycles. The number of phenolic OH excluding ortho intramolecular Hbond substituents is 1. The Morgan fingerprint density at radius 3 is 2.84 bits per heavy atom. The quantitative estimate of drug-likeness (QED) is 0.912. The molecular weight excluding hydrogens is 286 g/mol. The monoisotopic (exact) mass is 299 g/mol. The Hall–Kier alpha value is -1.20. The van der Waals surface area contributed by atoms with Gasteiger partial charge in [0.25, 0.3) is 0 Å². The van der Waals surface area contributed by atoms with Crippen LogP contribution in [0.1, 0.15) is 18.9 Å². The van der Waals surface area contributed by atoms with Crippen molar-refractivity contribution in [3.05, 3.63) is 22.7 Å². The molecule has 1 amide bonds. The maximum Gasteiger partial charge on any atom is 0.228 e. The minimum Gasteiger partial charge on any atom is -0.506 e. The maximum atomic E-state index is 12.0. The summed E-state index contributed by atoms with van der Waals surface area (Å²) >= 11 is 7.25. The minimum atomic E-state index is -0.0797. The molecule has 2 rings (SSSR count). The minimum absolute atomic E-state index is 0.00231. The Morgan fingerprint density at radius 2 is 2.21 bits per heavy atom. The van der Waals surface area contributed by atoms with E-state index in [1.54, 1.807) is 19.1 Å². The normalized spacial score (nSPS) is 19.0. The number of hydrogen-bond donors (Lipinski definition) is 1. The van der Waals surface area contributed by atoms with Crippen LogP contribution in [0, 0.1) is 6.92 Å². The van der Waals surface area contributed by atoms with Crippen LogP contribution < -0.4 is 4.90 Å². The molecule has 1 N–H and O–H groups in total. The third-order valence-electron chi connectivity index (χ3n) is 3.01. The van der Waals surface area contributed by atoms with E-state index in [1.807, 2.05) is 0 Å². The molecule has 0 radical (unpaired) electrons. The Morgan fingerprint density at radius 1 is 1.53 bits per heavy atom. The highest BCUT2D eigenvalue weighted by molar-refractivity contribution is 8.14. The number of aryl methyl sites for hydroxylation is 1. The summed E-state index contributed by atoms with van der Waals surface area (Å²) in [5.41, 5.74) is 1.16. The van der Waals surface area contributed by atoms with Crippen LogP contribution in [0.5, 0.6) is 5.75 Å². The van der Waals surface area contributed by atoms with Crippen LogP contribution in [-0.4, -0.2) is 27.9 Å². The fourth-order valence-electron chi connectivity index (χ4n) is 2.08. The van der Waals surface area contributed by atoms with Crippen molar-refractivity contribution in [1.29, 1.82) is 0 Å². The van der Waals surface area contributed by atoms with Crippen molar-refractivity contribution in [3.63, 3.8) is 0 Å². The third-order valence-corrected chi connectivity index (χ3v) is 4.36. The molecule has 1 aliphatic rings. The fourth-order valence-corrected chi connectivity index (χ4v) is 3.31. The first-order chi connectivity index (χ1) is 8.90. The topological polar surface area (TPSA) is 57.6 Å². The highest BCUT2D eigenvalue weighted by Gasteiger charge is 2.33. The van der Waals surface area contributed by atoms with Crippen molar-refractivity contribution in [2.24, 2.45) is 0 Å². The van der Waals surface area contributed by atoms with E-state index in [0.717, 1.165) is 0 Å². The van der Waals surface area contributed by atoms with E-state index in [4.69, 9.17) is 11.6 Å². The van der Waals surface area contributed by atoms with E-state index < -0.39 is 0 Å². The number of halogens is 1. The Bertz CT molecular complexity index is 547. The highest BCUT2D eigenvalue weighted by atomic mass is 35.5. The zero-order valence-electron chi connectivity index (χ0n) is 10.6. The van der Waals surface area contributed by atoms with Crippen molar-refractivity contribution < 1.29 is 14.7 Å². The average molecular weight is 300 g/mol. The molecule has 0 aliphatic carbocycles. The molecule has 0 saturated carbocycles. The van der Waals surface area contributed by atoms with Gasteiger partial charge in [0.15, 0.2) is 5.12 Å². The highest BCUT2D eigenvalue weighted by Crippen LogP contribution is 2.39. The van der Waals surface area contributed by atoms with Crippen molar-refractivity contribution in [2.75, 3.05) is 11.4 Å². The lowest BCUT2D eigenvalue weighted by Gasteiger charge is -2.19. The van der Waals surface area contributed by atoms with Gasteiger partial charge in [-0.3, -0.25) is 9.59 Å². The summed E-state index contributed by atoms with van der Waals surface area (Å²) < 4.78 is 0. The molecule has 4 nitrogen and oxygen atoms in total. The predicted octanol–water partition coefficient (Wildman–Crippen LogP) is 2.74.